The van der Waals surface area contributed by atoms with Crippen LogP contribution in [0.3, 0.4) is 0 Å². The van der Waals surface area contributed by atoms with E-state index in [1.165, 1.54) is 12.1 Å². The second-order valence-corrected chi connectivity index (χ2v) is 4.55. The third-order valence-electron chi connectivity index (χ3n) is 3.32. The lowest BCUT2D eigenvalue weighted by molar-refractivity contribution is 0.629. The van der Waals surface area contributed by atoms with Crippen LogP contribution in [-0.4, -0.2) is 16.0 Å². The number of H-pyrrole nitrogens is 1. The zero-order valence-electron chi connectivity index (χ0n) is 8.91. The summed E-state index contributed by atoms with van der Waals surface area (Å²) in [6.07, 6.45) is 3.10. The molecule has 0 saturated heterocycles. The maximum atomic E-state index is 13.0. The third kappa shape index (κ3) is 1.59. The predicted octanol–water partition coefficient (Wildman–Crippen LogP) is 2.30. The summed E-state index contributed by atoms with van der Waals surface area (Å²) in [4.78, 5) is 7.68. The minimum absolute atomic E-state index is 0.231. The Labute approximate surface area is 92.9 Å². The van der Waals surface area contributed by atoms with Crippen LogP contribution >= 0.6 is 0 Å². The maximum absolute atomic E-state index is 13.0. The molecule has 2 atom stereocenters. The van der Waals surface area contributed by atoms with E-state index in [2.05, 4.69) is 9.97 Å². The van der Waals surface area contributed by atoms with Crippen LogP contribution in [0, 0.1) is 5.82 Å². The molecule has 0 spiro atoms. The minimum Gasteiger partial charge on any atom is -0.342 e. The van der Waals surface area contributed by atoms with Crippen LogP contribution in [0.5, 0.6) is 0 Å². The highest BCUT2D eigenvalue weighted by molar-refractivity contribution is 5.75. The van der Waals surface area contributed by atoms with Gasteiger partial charge in [0.2, 0.25) is 0 Å². The van der Waals surface area contributed by atoms with Gasteiger partial charge in [-0.1, -0.05) is 0 Å². The highest BCUT2D eigenvalue weighted by Gasteiger charge is 2.25. The Hall–Kier alpha value is -1.42. The molecular weight excluding hydrogens is 205 g/mol. The number of aromatic nitrogens is 2. The molecule has 0 bridgehead atoms. The van der Waals surface area contributed by atoms with E-state index in [0.717, 1.165) is 36.1 Å². The fourth-order valence-corrected chi connectivity index (χ4v) is 2.46. The summed E-state index contributed by atoms with van der Waals surface area (Å²) in [5.41, 5.74) is 7.48. The molecule has 84 valence electrons. The smallest absolute Gasteiger partial charge is 0.125 e. The zero-order chi connectivity index (χ0) is 11.1. The number of nitrogens with zero attached hydrogens (tertiary/aromatic N) is 1. The van der Waals surface area contributed by atoms with Gasteiger partial charge in [0.15, 0.2) is 0 Å². The number of hydrogen-bond donors (Lipinski definition) is 2. The monoisotopic (exact) mass is 219 g/mol. The van der Waals surface area contributed by atoms with Crippen LogP contribution in [0.4, 0.5) is 4.39 Å². The molecule has 1 aromatic carbocycles. The SMILES string of the molecule is NC1CCC(c2nc3ccc(F)cc3[nH]2)C1. The Morgan fingerprint density at radius 3 is 3.00 bits per heavy atom. The standard InChI is InChI=1S/C12H14FN3/c13-8-2-4-10-11(6-8)16-12(15-10)7-1-3-9(14)5-7/h2,4,6-7,9H,1,3,5,14H2,(H,15,16). The van der Waals surface area contributed by atoms with E-state index >= 15 is 0 Å². The third-order valence-corrected chi connectivity index (χ3v) is 3.32. The first-order valence-electron chi connectivity index (χ1n) is 5.63. The van der Waals surface area contributed by atoms with E-state index in [1.54, 1.807) is 6.07 Å². The molecule has 1 aliphatic rings. The van der Waals surface area contributed by atoms with Crippen molar-refractivity contribution in [2.75, 3.05) is 0 Å². The number of nitrogens with two attached hydrogens (primary N) is 1. The molecule has 3 nitrogen and oxygen atoms in total. The highest BCUT2D eigenvalue weighted by Crippen LogP contribution is 2.32. The van der Waals surface area contributed by atoms with Crippen molar-refractivity contribution in [1.82, 2.24) is 9.97 Å². The molecule has 2 aromatic rings. The number of nitrogens with one attached hydrogen (secondary N) is 1. The summed E-state index contributed by atoms with van der Waals surface area (Å²) in [6, 6.07) is 4.92. The second-order valence-electron chi connectivity index (χ2n) is 4.55. The van der Waals surface area contributed by atoms with E-state index in [4.69, 9.17) is 5.73 Å². The van der Waals surface area contributed by atoms with Gasteiger partial charge in [0.1, 0.15) is 11.6 Å². The molecule has 0 radical (unpaired) electrons. The van der Waals surface area contributed by atoms with Crippen LogP contribution in [0.1, 0.15) is 31.0 Å². The van der Waals surface area contributed by atoms with Gasteiger partial charge in [-0.3, -0.25) is 0 Å². The first kappa shape index (κ1) is 9.78. The van der Waals surface area contributed by atoms with E-state index in [9.17, 15) is 4.39 Å². The van der Waals surface area contributed by atoms with Crippen LogP contribution in [0.25, 0.3) is 11.0 Å². The summed E-state index contributed by atoms with van der Waals surface area (Å²) in [5, 5.41) is 0. The molecule has 3 N–H and O–H groups in total. The summed E-state index contributed by atoms with van der Waals surface area (Å²) in [5.74, 6) is 1.13. The minimum atomic E-state index is -0.231. The molecular formula is C12H14FN3. The molecule has 1 heterocycles. The van der Waals surface area contributed by atoms with Gasteiger partial charge in [-0.05, 0) is 37.5 Å². The van der Waals surface area contributed by atoms with Crippen molar-refractivity contribution in [2.24, 2.45) is 5.73 Å². The van der Waals surface area contributed by atoms with Crippen LogP contribution < -0.4 is 5.73 Å². The van der Waals surface area contributed by atoms with E-state index < -0.39 is 0 Å². The number of imidazole rings is 1. The van der Waals surface area contributed by atoms with Crippen LogP contribution in [-0.2, 0) is 0 Å². The molecule has 1 fully saturated rings. The fraction of sp³-hybridized carbons (Fsp3) is 0.417. The molecule has 1 saturated carbocycles. The topological polar surface area (TPSA) is 54.7 Å². The quantitative estimate of drug-likeness (QED) is 0.773. The Balaban J connectivity index is 1.99. The first-order chi connectivity index (χ1) is 7.72. The maximum Gasteiger partial charge on any atom is 0.125 e. The number of fused-ring (bicyclic) bond motifs is 1. The highest BCUT2D eigenvalue weighted by atomic mass is 19.1. The van der Waals surface area contributed by atoms with E-state index in [1.807, 2.05) is 0 Å². The van der Waals surface area contributed by atoms with Gasteiger partial charge < -0.3 is 10.7 Å². The van der Waals surface area contributed by atoms with Gasteiger partial charge in [-0.2, -0.15) is 0 Å². The van der Waals surface area contributed by atoms with Crippen molar-refractivity contribution >= 4 is 11.0 Å². The molecule has 0 amide bonds. The second kappa shape index (κ2) is 3.56. The summed E-state index contributed by atoms with van der Waals surface area (Å²) in [6.45, 7) is 0. The average molecular weight is 219 g/mol. The van der Waals surface area contributed by atoms with Crippen molar-refractivity contribution in [2.45, 2.75) is 31.2 Å². The first-order valence-corrected chi connectivity index (χ1v) is 5.63. The summed E-state index contributed by atoms with van der Waals surface area (Å²) >= 11 is 0. The van der Waals surface area contributed by atoms with Crippen molar-refractivity contribution in [1.29, 1.82) is 0 Å². The molecule has 0 aliphatic heterocycles. The van der Waals surface area contributed by atoms with Crippen LogP contribution in [0.2, 0.25) is 0 Å². The number of hydrogen-bond acceptors (Lipinski definition) is 2. The Bertz CT molecular complexity index is 520. The van der Waals surface area contributed by atoms with E-state index in [-0.39, 0.29) is 11.9 Å². The molecule has 1 aliphatic carbocycles. The Morgan fingerprint density at radius 1 is 1.38 bits per heavy atom. The van der Waals surface area contributed by atoms with E-state index in [0.29, 0.717) is 5.92 Å². The lowest BCUT2D eigenvalue weighted by Crippen LogP contribution is -2.14. The molecule has 2 unspecified atom stereocenters. The number of rotatable bonds is 1. The average Bonchev–Trinajstić information content (AvgIpc) is 2.83. The molecule has 1 aromatic heterocycles. The number of halogens is 1. The van der Waals surface area contributed by atoms with Gasteiger partial charge >= 0.3 is 0 Å². The van der Waals surface area contributed by atoms with Gasteiger partial charge in [-0.25, -0.2) is 9.37 Å². The normalized spacial score (nSPS) is 25.4. The van der Waals surface area contributed by atoms with Gasteiger partial charge in [0, 0.05) is 12.0 Å². The molecule has 4 heteroatoms. The van der Waals surface area contributed by atoms with Gasteiger partial charge in [0.05, 0.1) is 11.0 Å². The number of aromatic amines is 1. The number of benzene rings is 1. The summed E-state index contributed by atoms with van der Waals surface area (Å²) in [7, 11) is 0. The van der Waals surface area contributed by atoms with Gasteiger partial charge in [-0.15, -0.1) is 0 Å². The Kier molecular flexibility index (Phi) is 2.17. The Morgan fingerprint density at radius 2 is 2.25 bits per heavy atom. The lowest BCUT2D eigenvalue weighted by atomic mass is 10.1. The van der Waals surface area contributed by atoms with Crippen molar-refractivity contribution < 1.29 is 4.39 Å². The van der Waals surface area contributed by atoms with Crippen molar-refractivity contribution in [3.63, 3.8) is 0 Å². The molecule has 3 rings (SSSR count). The van der Waals surface area contributed by atoms with Crippen molar-refractivity contribution in [3.8, 4) is 0 Å². The fourth-order valence-electron chi connectivity index (χ4n) is 2.46. The zero-order valence-corrected chi connectivity index (χ0v) is 8.91. The summed E-state index contributed by atoms with van der Waals surface area (Å²) < 4.78 is 13.0. The van der Waals surface area contributed by atoms with Gasteiger partial charge in [0.25, 0.3) is 0 Å². The van der Waals surface area contributed by atoms with Crippen molar-refractivity contribution in [3.05, 3.63) is 29.8 Å². The van der Waals surface area contributed by atoms with Crippen LogP contribution in [0.15, 0.2) is 18.2 Å². The lowest BCUT2D eigenvalue weighted by Gasteiger charge is -2.04. The predicted molar refractivity (Wildman–Crippen MR) is 60.6 cm³/mol. The largest absolute Gasteiger partial charge is 0.342 e. The molecule has 16 heavy (non-hydrogen) atoms.